The standard InChI is InChI=1S/C18H17N3O2S/c22-16-3-1-13(2-4-16)14-5-8-21(9-6-14)11-17-19-18(20-23-17)15-7-10-24-12-15/h1-5,7,10,12,22H,6,8-9,11H2. The Balaban J connectivity index is 1.40. The van der Waals surface area contributed by atoms with Gasteiger partial charge in [0.15, 0.2) is 0 Å². The molecule has 122 valence electrons. The highest BCUT2D eigenvalue weighted by Crippen LogP contribution is 2.25. The van der Waals surface area contributed by atoms with Crippen molar-refractivity contribution in [3.8, 4) is 17.1 Å². The van der Waals surface area contributed by atoms with Crippen LogP contribution in [0.4, 0.5) is 0 Å². The number of aromatic hydroxyl groups is 1. The van der Waals surface area contributed by atoms with E-state index in [4.69, 9.17) is 4.52 Å². The van der Waals surface area contributed by atoms with Gasteiger partial charge in [-0.05, 0) is 41.1 Å². The topological polar surface area (TPSA) is 62.4 Å². The Kier molecular flexibility index (Phi) is 4.15. The quantitative estimate of drug-likeness (QED) is 0.783. The van der Waals surface area contributed by atoms with Crippen LogP contribution in [0.1, 0.15) is 17.9 Å². The van der Waals surface area contributed by atoms with Crippen molar-refractivity contribution in [3.63, 3.8) is 0 Å². The van der Waals surface area contributed by atoms with Crippen molar-refractivity contribution >= 4 is 16.9 Å². The lowest BCUT2D eigenvalue weighted by Crippen LogP contribution is -2.28. The number of benzene rings is 1. The Bertz CT molecular complexity index is 838. The molecular weight excluding hydrogens is 322 g/mol. The van der Waals surface area contributed by atoms with Gasteiger partial charge < -0.3 is 9.63 Å². The first-order valence-corrected chi connectivity index (χ1v) is 8.78. The molecule has 0 bridgehead atoms. The molecule has 0 saturated carbocycles. The summed E-state index contributed by atoms with van der Waals surface area (Å²) in [5, 5.41) is 17.5. The number of hydrogen-bond donors (Lipinski definition) is 1. The van der Waals surface area contributed by atoms with Crippen LogP contribution in [-0.2, 0) is 6.54 Å². The molecule has 0 fully saturated rings. The first kappa shape index (κ1) is 15.1. The molecule has 1 aliphatic heterocycles. The van der Waals surface area contributed by atoms with Gasteiger partial charge in [-0.1, -0.05) is 23.4 Å². The Labute approximate surface area is 143 Å². The SMILES string of the molecule is Oc1ccc(C2=CCN(Cc3nc(-c4ccsc4)no3)CC2)cc1. The lowest BCUT2D eigenvalue weighted by Gasteiger charge is -2.25. The van der Waals surface area contributed by atoms with E-state index in [9.17, 15) is 5.11 Å². The number of thiophene rings is 1. The summed E-state index contributed by atoms with van der Waals surface area (Å²) < 4.78 is 5.37. The van der Waals surface area contributed by atoms with Gasteiger partial charge in [0.1, 0.15) is 5.75 Å². The van der Waals surface area contributed by atoms with E-state index in [-0.39, 0.29) is 0 Å². The smallest absolute Gasteiger partial charge is 0.241 e. The minimum absolute atomic E-state index is 0.301. The van der Waals surface area contributed by atoms with Crippen molar-refractivity contribution in [2.75, 3.05) is 13.1 Å². The van der Waals surface area contributed by atoms with Crippen LogP contribution < -0.4 is 0 Å². The molecule has 0 unspecified atom stereocenters. The lowest BCUT2D eigenvalue weighted by atomic mass is 9.99. The van der Waals surface area contributed by atoms with Gasteiger partial charge in [0.25, 0.3) is 0 Å². The minimum Gasteiger partial charge on any atom is -0.508 e. The van der Waals surface area contributed by atoms with Gasteiger partial charge in [0.05, 0.1) is 6.54 Å². The van der Waals surface area contributed by atoms with Gasteiger partial charge in [0, 0.05) is 24.0 Å². The highest BCUT2D eigenvalue weighted by Gasteiger charge is 2.17. The summed E-state index contributed by atoms with van der Waals surface area (Å²) >= 11 is 1.62. The summed E-state index contributed by atoms with van der Waals surface area (Å²) in [6.07, 6.45) is 3.20. The molecule has 2 aromatic heterocycles. The molecule has 0 aliphatic carbocycles. The molecule has 3 aromatic rings. The third kappa shape index (κ3) is 3.25. The van der Waals surface area contributed by atoms with Crippen molar-refractivity contribution in [1.82, 2.24) is 15.0 Å². The van der Waals surface area contributed by atoms with Crippen LogP contribution in [-0.4, -0.2) is 33.2 Å². The van der Waals surface area contributed by atoms with Crippen molar-refractivity contribution in [2.45, 2.75) is 13.0 Å². The fourth-order valence-corrected chi connectivity index (χ4v) is 3.45. The molecule has 1 aromatic carbocycles. The van der Waals surface area contributed by atoms with Gasteiger partial charge in [0.2, 0.25) is 11.7 Å². The molecule has 0 amide bonds. The van der Waals surface area contributed by atoms with E-state index in [1.807, 2.05) is 29.0 Å². The molecule has 6 heteroatoms. The first-order valence-electron chi connectivity index (χ1n) is 7.84. The van der Waals surface area contributed by atoms with E-state index in [1.54, 1.807) is 23.5 Å². The van der Waals surface area contributed by atoms with Crippen LogP contribution in [0.15, 0.2) is 51.7 Å². The summed E-state index contributed by atoms with van der Waals surface area (Å²) in [5.74, 6) is 1.61. The first-order chi connectivity index (χ1) is 11.8. The Morgan fingerprint density at radius 2 is 2.04 bits per heavy atom. The maximum absolute atomic E-state index is 9.38. The molecule has 0 atom stereocenters. The normalized spacial score (nSPS) is 15.4. The maximum Gasteiger partial charge on any atom is 0.241 e. The number of rotatable bonds is 4. The molecule has 4 rings (SSSR count). The number of phenolic OH excluding ortho intramolecular Hbond substituents is 1. The van der Waals surface area contributed by atoms with Crippen LogP contribution in [0.3, 0.4) is 0 Å². The fraction of sp³-hybridized carbons (Fsp3) is 0.222. The summed E-state index contributed by atoms with van der Waals surface area (Å²) in [4.78, 5) is 6.76. The van der Waals surface area contributed by atoms with E-state index >= 15 is 0 Å². The monoisotopic (exact) mass is 339 g/mol. The minimum atomic E-state index is 0.301. The van der Waals surface area contributed by atoms with Crippen LogP contribution in [0.2, 0.25) is 0 Å². The van der Waals surface area contributed by atoms with Crippen molar-refractivity contribution < 1.29 is 9.63 Å². The van der Waals surface area contributed by atoms with Gasteiger partial charge in [-0.2, -0.15) is 16.3 Å². The van der Waals surface area contributed by atoms with E-state index in [0.717, 1.165) is 25.1 Å². The number of aromatic nitrogens is 2. The van der Waals surface area contributed by atoms with Crippen molar-refractivity contribution in [2.24, 2.45) is 0 Å². The van der Waals surface area contributed by atoms with Crippen LogP contribution >= 0.6 is 11.3 Å². The second-order valence-electron chi connectivity index (χ2n) is 5.79. The van der Waals surface area contributed by atoms with E-state index in [1.165, 1.54) is 11.1 Å². The molecule has 1 aliphatic rings. The summed E-state index contributed by atoms with van der Waals surface area (Å²) in [6, 6.07) is 9.37. The molecule has 1 N–H and O–H groups in total. The molecule has 3 heterocycles. The lowest BCUT2D eigenvalue weighted by molar-refractivity contribution is 0.245. The average molecular weight is 339 g/mol. The zero-order chi connectivity index (χ0) is 16.4. The van der Waals surface area contributed by atoms with E-state index in [0.29, 0.717) is 24.0 Å². The number of phenols is 1. The number of nitrogens with zero attached hydrogens (tertiary/aromatic N) is 3. The zero-order valence-corrected chi connectivity index (χ0v) is 13.9. The average Bonchev–Trinajstić information content (AvgIpc) is 3.28. The van der Waals surface area contributed by atoms with Crippen LogP contribution in [0.5, 0.6) is 5.75 Å². The van der Waals surface area contributed by atoms with Gasteiger partial charge in [-0.15, -0.1) is 0 Å². The summed E-state index contributed by atoms with van der Waals surface area (Å²) in [6.45, 7) is 2.46. The third-order valence-corrected chi connectivity index (χ3v) is 4.82. The maximum atomic E-state index is 9.38. The second-order valence-corrected chi connectivity index (χ2v) is 6.57. The van der Waals surface area contributed by atoms with E-state index < -0.39 is 0 Å². The molecule has 0 radical (unpaired) electrons. The molecule has 5 nitrogen and oxygen atoms in total. The molecule has 0 spiro atoms. The van der Waals surface area contributed by atoms with Crippen LogP contribution in [0, 0.1) is 0 Å². The largest absolute Gasteiger partial charge is 0.508 e. The van der Waals surface area contributed by atoms with Crippen LogP contribution in [0.25, 0.3) is 17.0 Å². The van der Waals surface area contributed by atoms with Crippen molar-refractivity contribution in [1.29, 1.82) is 0 Å². The molecule has 0 saturated heterocycles. The Morgan fingerprint density at radius 1 is 1.17 bits per heavy atom. The van der Waals surface area contributed by atoms with Gasteiger partial charge in [-0.25, -0.2) is 0 Å². The Hall–Kier alpha value is -2.44. The zero-order valence-electron chi connectivity index (χ0n) is 13.1. The number of hydrogen-bond acceptors (Lipinski definition) is 6. The fourth-order valence-electron chi connectivity index (χ4n) is 2.81. The third-order valence-electron chi connectivity index (χ3n) is 4.14. The molecule has 24 heavy (non-hydrogen) atoms. The highest BCUT2D eigenvalue weighted by atomic mass is 32.1. The predicted molar refractivity (Wildman–Crippen MR) is 93.6 cm³/mol. The second kappa shape index (κ2) is 6.59. The summed E-state index contributed by atoms with van der Waals surface area (Å²) in [7, 11) is 0. The summed E-state index contributed by atoms with van der Waals surface area (Å²) in [5.41, 5.74) is 3.49. The van der Waals surface area contributed by atoms with E-state index in [2.05, 4.69) is 21.1 Å². The predicted octanol–water partition coefficient (Wildman–Crippen LogP) is 3.79. The highest BCUT2D eigenvalue weighted by molar-refractivity contribution is 7.08. The van der Waals surface area contributed by atoms with Gasteiger partial charge in [-0.3, -0.25) is 4.90 Å². The molecular formula is C18H17N3O2S. The van der Waals surface area contributed by atoms with Gasteiger partial charge >= 0.3 is 0 Å². The van der Waals surface area contributed by atoms with Crippen molar-refractivity contribution in [3.05, 3.63) is 58.6 Å². The Morgan fingerprint density at radius 3 is 2.75 bits per heavy atom.